The standard InChI is InChI=1S/C17H16BrFN2O2/c1-3-21(16-8-6-13(18)11-20-16)17(22)9-5-12-4-7-15(23-2)14(19)10-12/h4-11H,3H2,1-2H3/b9-5+. The third kappa shape index (κ3) is 4.39. The molecule has 0 aliphatic carbocycles. The van der Waals surface area contributed by atoms with Gasteiger partial charge in [0, 0.05) is 23.3 Å². The number of ether oxygens (including phenoxy) is 1. The second-order valence-corrected chi connectivity index (χ2v) is 5.56. The lowest BCUT2D eigenvalue weighted by Crippen LogP contribution is -2.29. The molecule has 23 heavy (non-hydrogen) atoms. The predicted octanol–water partition coefficient (Wildman–Crippen LogP) is 4.06. The largest absolute Gasteiger partial charge is 0.494 e. The summed E-state index contributed by atoms with van der Waals surface area (Å²) in [5.41, 5.74) is 0.580. The van der Waals surface area contributed by atoms with E-state index in [-0.39, 0.29) is 11.7 Å². The number of halogens is 2. The van der Waals surface area contributed by atoms with E-state index in [0.717, 1.165) is 4.47 Å². The highest BCUT2D eigenvalue weighted by Gasteiger charge is 2.12. The van der Waals surface area contributed by atoms with Gasteiger partial charge in [-0.2, -0.15) is 0 Å². The van der Waals surface area contributed by atoms with Gasteiger partial charge >= 0.3 is 0 Å². The average Bonchev–Trinajstić information content (AvgIpc) is 2.55. The summed E-state index contributed by atoms with van der Waals surface area (Å²) in [7, 11) is 1.40. The molecule has 2 aromatic rings. The summed E-state index contributed by atoms with van der Waals surface area (Å²) >= 11 is 3.31. The first-order valence-electron chi connectivity index (χ1n) is 6.99. The summed E-state index contributed by atoms with van der Waals surface area (Å²) in [4.78, 5) is 18.1. The molecule has 2 rings (SSSR count). The third-order valence-electron chi connectivity index (χ3n) is 3.16. The SMILES string of the molecule is CCN(C(=O)/C=C/c1ccc(OC)c(F)c1)c1ccc(Br)cn1. The summed E-state index contributed by atoms with van der Waals surface area (Å²) in [6.45, 7) is 2.34. The van der Waals surface area contributed by atoms with Crippen LogP contribution in [-0.4, -0.2) is 24.5 Å². The first kappa shape index (κ1) is 17.1. The van der Waals surface area contributed by atoms with Gasteiger partial charge in [-0.3, -0.25) is 9.69 Å². The van der Waals surface area contributed by atoms with Crippen molar-refractivity contribution in [3.63, 3.8) is 0 Å². The molecule has 0 aliphatic rings. The minimum atomic E-state index is -0.468. The highest BCUT2D eigenvalue weighted by Crippen LogP contribution is 2.19. The van der Waals surface area contributed by atoms with E-state index in [9.17, 15) is 9.18 Å². The van der Waals surface area contributed by atoms with Crippen molar-refractivity contribution in [1.29, 1.82) is 0 Å². The van der Waals surface area contributed by atoms with E-state index in [1.54, 1.807) is 24.4 Å². The van der Waals surface area contributed by atoms with Gasteiger partial charge in [0.05, 0.1) is 7.11 Å². The van der Waals surface area contributed by atoms with Gasteiger partial charge in [-0.1, -0.05) is 6.07 Å². The van der Waals surface area contributed by atoms with Crippen molar-refractivity contribution in [3.05, 3.63) is 58.5 Å². The number of hydrogen-bond donors (Lipinski definition) is 0. The van der Waals surface area contributed by atoms with E-state index in [2.05, 4.69) is 20.9 Å². The molecule has 4 nitrogen and oxygen atoms in total. The number of amides is 1. The van der Waals surface area contributed by atoms with E-state index in [0.29, 0.717) is 17.9 Å². The molecule has 1 amide bonds. The monoisotopic (exact) mass is 378 g/mol. The lowest BCUT2D eigenvalue weighted by atomic mass is 10.2. The Kier molecular flexibility index (Phi) is 5.87. The fourth-order valence-corrected chi connectivity index (χ4v) is 2.24. The van der Waals surface area contributed by atoms with Crippen molar-refractivity contribution in [1.82, 2.24) is 4.98 Å². The number of carbonyl (C=O) groups excluding carboxylic acids is 1. The number of carbonyl (C=O) groups is 1. The summed E-state index contributed by atoms with van der Waals surface area (Å²) in [6, 6.07) is 8.09. The molecular formula is C17H16BrFN2O2. The number of methoxy groups -OCH3 is 1. The molecule has 6 heteroatoms. The predicted molar refractivity (Wildman–Crippen MR) is 92.0 cm³/mol. The zero-order valence-corrected chi connectivity index (χ0v) is 14.4. The maximum atomic E-state index is 13.6. The number of aromatic nitrogens is 1. The van der Waals surface area contributed by atoms with Gasteiger partial charge in [-0.05, 0) is 58.8 Å². The van der Waals surface area contributed by atoms with Crippen LogP contribution < -0.4 is 9.64 Å². The molecule has 0 saturated heterocycles. The van der Waals surface area contributed by atoms with Crippen molar-refractivity contribution >= 4 is 33.7 Å². The molecule has 0 fully saturated rings. The van der Waals surface area contributed by atoms with Crippen LogP contribution in [0.2, 0.25) is 0 Å². The molecule has 0 unspecified atom stereocenters. The molecule has 0 saturated carbocycles. The van der Waals surface area contributed by atoms with Gasteiger partial charge < -0.3 is 4.74 Å². The van der Waals surface area contributed by atoms with Crippen LogP contribution in [0.5, 0.6) is 5.75 Å². The Morgan fingerprint density at radius 2 is 2.17 bits per heavy atom. The molecule has 0 radical (unpaired) electrons. The smallest absolute Gasteiger partial charge is 0.252 e. The van der Waals surface area contributed by atoms with E-state index in [4.69, 9.17) is 4.74 Å². The van der Waals surface area contributed by atoms with Crippen LogP contribution in [0, 0.1) is 5.82 Å². The number of rotatable bonds is 5. The summed E-state index contributed by atoms with van der Waals surface area (Å²) < 4.78 is 19.3. The van der Waals surface area contributed by atoms with Gasteiger partial charge in [-0.25, -0.2) is 9.37 Å². The lowest BCUT2D eigenvalue weighted by Gasteiger charge is -2.17. The Morgan fingerprint density at radius 1 is 1.39 bits per heavy atom. The molecule has 0 bridgehead atoms. The zero-order chi connectivity index (χ0) is 16.8. The molecule has 1 heterocycles. The maximum Gasteiger partial charge on any atom is 0.252 e. The summed E-state index contributed by atoms with van der Waals surface area (Å²) in [5.74, 6) is 0.0385. The number of likely N-dealkylation sites (N-methyl/N-ethyl adjacent to an activating group) is 1. The van der Waals surface area contributed by atoms with Crippen molar-refractivity contribution in [3.8, 4) is 5.75 Å². The highest BCUT2D eigenvalue weighted by molar-refractivity contribution is 9.10. The number of pyridine rings is 1. The van der Waals surface area contributed by atoms with Crippen LogP contribution in [-0.2, 0) is 4.79 Å². The fourth-order valence-electron chi connectivity index (χ4n) is 2.00. The number of benzene rings is 1. The minimum Gasteiger partial charge on any atom is -0.494 e. The Balaban J connectivity index is 2.15. The molecule has 0 spiro atoms. The van der Waals surface area contributed by atoms with Gasteiger partial charge in [0.15, 0.2) is 11.6 Å². The van der Waals surface area contributed by atoms with Gasteiger partial charge in [0.2, 0.25) is 0 Å². The normalized spacial score (nSPS) is 10.8. The Bertz CT molecular complexity index is 717. The van der Waals surface area contributed by atoms with E-state index < -0.39 is 5.82 Å². The quantitative estimate of drug-likeness (QED) is 0.736. The third-order valence-corrected chi connectivity index (χ3v) is 3.63. The first-order chi connectivity index (χ1) is 11.0. The van der Waals surface area contributed by atoms with Crippen LogP contribution in [0.25, 0.3) is 6.08 Å². The van der Waals surface area contributed by atoms with E-state index in [1.807, 2.05) is 13.0 Å². The molecule has 0 aliphatic heterocycles. The van der Waals surface area contributed by atoms with Crippen molar-refractivity contribution in [2.75, 3.05) is 18.6 Å². The van der Waals surface area contributed by atoms with Gasteiger partial charge in [0.25, 0.3) is 5.91 Å². The van der Waals surface area contributed by atoms with E-state index in [1.165, 1.54) is 30.2 Å². The van der Waals surface area contributed by atoms with Gasteiger partial charge in [0.1, 0.15) is 5.82 Å². The molecular weight excluding hydrogens is 363 g/mol. The lowest BCUT2D eigenvalue weighted by molar-refractivity contribution is -0.114. The van der Waals surface area contributed by atoms with Crippen molar-refractivity contribution in [2.24, 2.45) is 0 Å². The number of anilines is 1. The van der Waals surface area contributed by atoms with E-state index >= 15 is 0 Å². The maximum absolute atomic E-state index is 13.6. The number of hydrogen-bond acceptors (Lipinski definition) is 3. The van der Waals surface area contributed by atoms with Gasteiger partial charge in [-0.15, -0.1) is 0 Å². The second kappa shape index (κ2) is 7.87. The topological polar surface area (TPSA) is 42.4 Å². The molecule has 1 aromatic carbocycles. The fraction of sp³-hybridized carbons (Fsp3) is 0.176. The number of nitrogens with zero attached hydrogens (tertiary/aromatic N) is 2. The molecule has 120 valence electrons. The van der Waals surface area contributed by atoms with Crippen LogP contribution in [0.3, 0.4) is 0 Å². The van der Waals surface area contributed by atoms with Crippen molar-refractivity contribution in [2.45, 2.75) is 6.92 Å². The summed E-state index contributed by atoms with van der Waals surface area (Å²) in [5, 5.41) is 0. The van der Waals surface area contributed by atoms with Crippen LogP contribution >= 0.6 is 15.9 Å². The van der Waals surface area contributed by atoms with Crippen LogP contribution in [0.1, 0.15) is 12.5 Å². The Morgan fingerprint density at radius 3 is 2.74 bits per heavy atom. The Labute approximate surface area is 142 Å². The summed E-state index contributed by atoms with van der Waals surface area (Å²) in [6.07, 6.45) is 4.59. The first-order valence-corrected chi connectivity index (χ1v) is 7.79. The average molecular weight is 379 g/mol. The van der Waals surface area contributed by atoms with Crippen molar-refractivity contribution < 1.29 is 13.9 Å². The second-order valence-electron chi connectivity index (χ2n) is 4.64. The molecule has 0 atom stereocenters. The molecule has 1 aromatic heterocycles. The zero-order valence-electron chi connectivity index (χ0n) is 12.8. The van der Waals surface area contributed by atoms with Crippen LogP contribution in [0.4, 0.5) is 10.2 Å². The minimum absolute atomic E-state index is 0.169. The molecule has 0 N–H and O–H groups in total. The van der Waals surface area contributed by atoms with Crippen LogP contribution in [0.15, 0.2) is 47.1 Å². The Hall–Kier alpha value is -2.21. The highest BCUT2D eigenvalue weighted by atomic mass is 79.9.